The van der Waals surface area contributed by atoms with Crippen LogP contribution in [0.2, 0.25) is 0 Å². The van der Waals surface area contributed by atoms with Crippen LogP contribution in [0.15, 0.2) is 18.6 Å². The number of likely N-dealkylation sites (tertiary alicyclic amines) is 1. The third-order valence-corrected chi connectivity index (χ3v) is 4.83. The van der Waals surface area contributed by atoms with Gasteiger partial charge in [0.25, 0.3) is 0 Å². The molecule has 1 aliphatic rings. The molecule has 25 heavy (non-hydrogen) atoms. The number of hydrogen-bond donors (Lipinski definition) is 2. The molecule has 1 aliphatic heterocycles. The molecule has 2 rings (SSSR count). The second kappa shape index (κ2) is 7.91. The number of amides is 2. The second-order valence-electron chi connectivity index (χ2n) is 7.46. The molecule has 7 nitrogen and oxygen atoms in total. The zero-order chi connectivity index (χ0) is 18.5. The summed E-state index contributed by atoms with van der Waals surface area (Å²) < 4.78 is 0. The third kappa shape index (κ3) is 4.75. The lowest BCUT2D eigenvalue weighted by Gasteiger charge is -2.43. The van der Waals surface area contributed by atoms with Gasteiger partial charge in [0, 0.05) is 38.7 Å². The van der Waals surface area contributed by atoms with Gasteiger partial charge in [0.05, 0.1) is 16.6 Å². The van der Waals surface area contributed by atoms with Gasteiger partial charge in [-0.2, -0.15) is 0 Å². The minimum atomic E-state index is -0.925. The number of hydrogen-bond acceptors (Lipinski definition) is 5. The standard InChI is InChI=1S/C18H29N5O2/c1-17(2,19)16(25)23-11-5-8-18(13-23,15(24)20-3)7-4-6-14-12-21-9-10-22-14/h9-10,12H,4-8,11,13,19H2,1-3H3,(H,20,24). The first kappa shape index (κ1) is 19.3. The van der Waals surface area contributed by atoms with Crippen molar-refractivity contribution in [3.63, 3.8) is 0 Å². The van der Waals surface area contributed by atoms with Crippen LogP contribution in [0, 0.1) is 5.41 Å². The zero-order valence-corrected chi connectivity index (χ0v) is 15.4. The first-order chi connectivity index (χ1) is 11.8. The fourth-order valence-electron chi connectivity index (χ4n) is 3.55. The maximum Gasteiger partial charge on any atom is 0.242 e. The number of piperidine rings is 1. The van der Waals surface area contributed by atoms with Crippen LogP contribution in [-0.4, -0.2) is 52.4 Å². The summed E-state index contributed by atoms with van der Waals surface area (Å²) in [5.74, 6) is -0.103. The molecule has 0 bridgehead atoms. The van der Waals surface area contributed by atoms with Crippen molar-refractivity contribution in [2.75, 3.05) is 20.1 Å². The molecule has 138 valence electrons. The first-order valence-corrected chi connectivity index (χ1v) is 8.84. The first-order valence-electron chi connectivity index (χ1n) is 8.84. The lowest BCUT2D eigenvalue weighted by Crippen LogP contribution is -2.58. The van der Waals surface area contributed by atoms with E-state index in [-0.39, 0.29) is 11.8 Å². The number of aromatic nitrogens is 2. The van der Waals surface area contributed by atoms with Crippen LogP contribution in [0.4, 0.5) is 0 Å². The van der Waals surface area contributed by atoms with Gasteiger partial charge in [-0.3, -0.25) is 19.6 Å². The molecular weight excluding hydrogens is 318 g/mol. The van der Waals surface area contributed by atoms with Gasteiger partial charge >= 0.3 is 0 Å². The molecule has 0 spiro atoms. The topological polar surface area (TPSA) is 101 Å². The summed E-state index contributed by atoms with van der Waals surface area (Å²) in [5, 5.41) is 2.79. The molecule has 2 heterocycles. The van der Waals surface area contributed by atoms with Gasteiger partial charge in [-0.25, -0.2) is 0 Å². The molecule has 0 saturated carbocycles. The molecule has 1 fully saturated rings. The highest BCUT2D eigenvalue weighted by Crippen LogP contribution is 2.36. The summed E-state index contributed by atoms with van der Waals surface area (Å²) in [5.41, 5.74) is 5.41. The Morgan fingerprint density at radius 2 is 2.16 bits per heavy atom. The van der Waals surface area contributed by atoms with Crippen molar-refractivity contribution >= 4 is 11.8 Å². The highest BCUT2D eigenvalue weighted by atomic mass is 16.2. The molecule has 1 aromatic heterocycles. The van der Waals surface area contributed by atoms with Crippen molar-refractivity contribution in [3.05, 3.63) is 24.3 Å². The number of aryl methyl sites for hydroxylation is 1. The Morgan fingerprint density at radius 1 is 1.40 bits per heavy atom. The van der Waals surface area contributed by atoms with E-state index in [1.165, 1.54) is 0 Å². The van der Waals surface area contributed by atoms with Crippen LogP contribution in [0.5, 0.6) is 0 Å². The number of carbonyl (C=O) groups excluding carboxylic acids is 2. The fourth-order valence-corrected chi connectivity index (χ4v) is 3.55. The number of nitrogens with zero attached hydrogens (tertiary/aromatic N) is 3. The Labute approximate surface area is 149 Å². The van der Waals surface area contributed by atoms with Crippen molar-refractivity contribution in [1.82, 2.24) is 20.2 Å². The second-order valence-corrected chi connectivity index (χ2v) is 7.46. The van der Waals surface area contributed by atoms with E-state index in [4.69, 9.17) is 5.73 Å². The van der Waals surface area contributed by atoms with Crippen LogP contribution >= 0.6 is 0 Å². The number of carbonyl (C=O) groups is 2. The van der Waals surface area contributed by atoms with E-state index in [1.54, 1.807) is 44.4 Å². The summed E-state index contributed by atoms with van der Waals surface area (Å²) in [6, 6.07) is 0. The number of nitrogens with one attached hydrogen (secondary N) is 1. The summed E-state index contributed by atoms with van der Waals surface area (Å²) in [4.78, 5) is 35.3. The van der Waals surface area contributed by atoms with E-state index < -0.39 is 11.0 Å². The summed E-state index contributed by atoms with van der Waals surface area (Å²) >= 11 is 0. The molecule has 2 amide bonds. The average molecular weight is 347 g/mol. The smallest absolute Gasteiger partial charge is 0.242 e. The molecule has 7 heteroatoms. The Balaban J connectivity index is 2.08. The maximum absolute atomic E-state index is 12.6. The summed E-state index contributed by atoms with van der Waals surface area (Å²) in [6.45, 7) is 4.49. The predicted molar refractivity (Wildman–Crippen MR) is 95.6 cm³/mol. The van der Waals surface area contributed by atoms with Gasteiger partial charge in [0.15, 0.2) is 0 Å². The van der Waals surface area contributed by atoms with Gasteiger partial charge in [-0.15, -0.1) is 0 Å². The van der Waals surface area contributed by atoms with Gasteiger partial charge in [0.2, 0.25) is 11.8 Å². The van der Waals surface area contributed by atoms with Crippen LogP contribution in [0.25, 0.3) is 0 Å². The molecule has 1 atom stereocenters. The Hall–Kier alpha value is -2.02. The quantitative estimate of drug-likeness (QED) is 0.796. The minimum Gasteiger partial charge on any atom is -0.359 e. The molecule has 1 aromatic rings. The Bertz CT molecular complexity index is 599. The van der Waals surface area contributed by atoms with Crippen molar-refractivity contribution in [2.24, 2.45) is 11.1 Å². The van der Waals surface area contributed by atoms with Crippen LogP contribution < -0.4 is 11.1 Å². The van der Waals surface area contributed by atoms with Crippen molar-refractivity contribution < 1.29 is 9.59 Å². The number of rotatable bonds is 6. The monoisotopic (exact) mass is 347 g/mol. The van der Waals surface area contributed by atoms with E-state index in [1.807, 2.05) is 0 Å². The third-order valence-electron chi connectivity index (χ3n) is 4.83. The minimum absolute atomic E-state index is 0.000951. The predicted octanol–water partition coefficient (Wildman–Crippen LogP) is 0.891. The van der Waals surface area contributed by atoms with Gasteiger partial charge in [-0.05, 0) is 46.0 Å². The van der Waals surface area contributed by atoms with Crippen molar-refractivity contribution in [3.8, 4) is 0 Å². The largest absolute Gasteiger partial charge is 0.359 e. The van der Waals surface area contributed by atoms with Crippen LogP contribution in [-0.2, 0) is 16.0 Å². The van der Waals surface area contributed by atoms with Gasteiger partial charge in [-0.1, -0.05) is 0 Å². The highest BCUT2D eigenvalue weighted by molar-refractivity contribution is 5.87. The Kier molecular flexibility index (Phi) is 6.11. The van der Waals surface area contributed by atoms with E-state index in [2.05, 4.69) is 15.3 Å². The molecule has 3 N–H and O–H groups in total. The highest BCUT2D eigenvalue weighted by Gasteiger charge is 2.44. The Morgan fingerprint density at radius 3 is 2.76 bits per heavy atom. The molecule has 1 saturated heterocycles. The summed E-state index contributed by atoms with van der Waals surface area (Å²) in [6.07, 6.45) is 8.95. The van der Waals surface area contributed by atoms with Gasteiger partial charge < -0.3 is 16.0 Å². The maximum atomic E-state index is 12.6. The molecule has 0 radical (unpaired) electrons. The lowest BCUT2D eigenvalue weighted by molar-refractivity contribution is -0.144. The fraction of sp³-hybridized carbons (Fsp3) is 0.667. The van der Waals surface area contributed by atoms with Crippen LogP contribution in [0.3, 0.4) is 0 Å². The lowest BCUT2D eigenvalue weighted by atomic mass is 9.74. The van der Waals surface area contributed by atoms with Crippen molar-refractivity contribution in [2.45, 2.75) is 51.5 Å². The van der Waals surface area contributed by atoms with E-state index in [0.29, 0.717) is 19.5 Å². The molecule has 1 unspecified atom stereocenters. The van der Waals surface area contributed by atoms with E-state index in [9.17, 15) is 9.59 Å². The molecule has 0 aromatic carbocycles. The normalized spacial score (nSPS) is 21.0. The zero-order valence-electron chi connectivity index (χ0n) is 15.4. The van der Waals surface area contributed by atoms with E-state index in [0.717, 1.165) is 31.4 Å². The average Bonchev–Trinajstić information content (AvgIpc) is 2.60. The van der Waals surface area contributed by atoms with E-state index >= 15 is 0 Å². The van der Waals surface area contributed by atoms with Gasteiger partial charge in [0.1, 0.15) is 0 Å². The SMILES string of the molecule is CNC(=O)C1(CCCc2cnccn2)CCCN(C(=O)C(C)(C)N)C1. The van der Waals surface area contributed by atoms with Crippen LogP contribution in [0.1, 0.15) is 45.2 Å². The summed E-state index contributed by atoms with van der Waals surface area (Å²) in [7, 11) is 1.65. The molecular formula is C18H29N5O2. The molecule has 0 aliphatic carbocycles. The number of nitrogens with two attached hydrogens (primary N) is 1. The van der Waals surface area contributed by atoms with Crippen molar-refractivity contribution in [1.29, 1.82) is 0 Å².